The Bertz CT molecular complexity index is 1410. The van der Waals surface area contributed by atoms with Crippen LogP contribution in [0.5, 0.6) is 40.2 Å². The average molecular weight is 575 g/mol. The van der Waals surface area contributed by atoms with Crippen molar-refractivity contribution in [3.63, 3.8) is 0 Å². The molecule has 0 spiro atoms. The lowest BCUT2D eigenvalue weighted by Crippen LogP contribution is -2.09. The highest BCUT2D eigenvalue weighted by molar-refractivity contribution is 6.31. The first-order valence-electron chi connectivity index (χ1n) is 12.7. The summed E-state index contributed by atoms with van der Waals surface area (Å²) >= 11 is 0. The predicted octanol–water partition coefficient (Wildman–Crippen LogP) is 5.70. The first-order valence-corrected chi connectivity index (χ1v) is 12.7. The number of hydrogen-bond donors (Lipinski definition) is 0. The lowest BCUT2D eigenvalue weighted by molar-refractivity contribution is -0.116. The number of benzene rings is 3. The molecule has 0 fully saturated rings. The number of allylic oxidation sites excluding steroid dienone is 3. The molecule has 0 aromatic heterocycles. The summed E-state index contributed by atoms with van der Waals surface area (Å²) in [5.41, 5.74) is 1.57. The van der Waals surface area contributed by atoms with Crippen LogP contribution in [0.2, 0.25) is 0 Å². The van der Waals surface area contributed by atoms with Crippen molar-refractivity contribution in [2.45, 2.75) is 0 Å². The van der Waals surface area contributed by atoms with Crippen LogP contribution >= 0.6 is 0 Å². The maximum atomic E-state index is 13.6. The molecule has 0 N–H and O–H groups in total. The van der Waals surface area contributed by atoms with E-state index in [4.69, 9.17) is 33.2 Å². The summed E-state index contributed by atoms with van der Waals surface area (Å²) < 4.78 is 37.9. The zero-order chi connectivity index (χ0) is 30.6. The zero-order valence-electron chi connectivity index (χ0n) is 24.7. The number of hydrogen-bond acceptors (Lipinski definition) is 9. The van der Waals surface area contributed by atoms with Gasteiger partial charge in [-0.15, -0.1) is 0 Å². The van der Waals surface area contributed by atoms with E-state index in [0.717, 1.165) is 0 Å². The second-order valence-electron chi connectivity index (χ2n) is 8.58. The monoisotopic (exact) mass is 574 g/mol. The Hall–Kier alpha value is -5.18. The lowest BCUT2D eigenvalue weighted by atomic mass is 10.00. The van der Waals surface area contributed by atoms with E-state index < -0.39 is 11.6 Å². The van der Waals surface area contributed by atoms with Crippen molar-refractivity contribution in [2.75, 3.05) is 49.8 Å². The summed E-state index contributed by atoms with van der Waals surface area (Å²) in [5, 5.41) is 0. The molecule has 9 nitrogen and oxygen atoms in total. The standard InChI is InChI=1S/C33H34O9/c1-36-27-12-8-10-22(31(27)40-5)14-16-25(34)24(18-21-19-29(38-3)33(42-7)30(20-21)39-4)26(35)17-15-23-11-9-13-28(37-2)32(23)41-6/h8-20H,1-7H3/b16-14+,17-15+. The summed E-state index contributed by atoms with van der Waals surface area (Å²) in [5.74, 6) is 1.96. The third-order valence-electron chi connectivity index (χ3n) is 6.22. The summed E-state index contributed by atoms with van der Waals surface area (Å²) in [6.45, 7) is 0. The second kappa shape index (κ2) is 15.0. The van der Waals surface area contributed by atoms with E-state index in [1.165, 1.54) is 68.0 Å². The molecule has 0 aliphatic rings. The van der Waals surface area contributed by atoms with Gasteiger partial charge in [0, 0.05) is 11.1 Å². The fraction of sp³-hybridized carbons (Fsp3) is 0.212. The van der Waals surface area contributed by atoms with Crippen molar-refractivity contribution in [2.24, 2.45) is 0 Å². The molecule has 0 saturated heterocycles. The first-order chi connectivity index (χ1) is 20.3. The van der Waals surface area contributed by atoms with Crippen LogP contribution in [0.1, 0.15) is 16.7 Å². The lowest BCUT2D eigenvalue weighted by Gasteiger charge is -2.13. The van der Waals surface area contributed by atoms with Gasteiger partial charge >= 0.3 is 0 Å². The largest absolute Gasteiger partial charge is 0.493 e. The number of carbonyl (C=O) groups is 2. The Labute approximate surface area is 245 Å². The van der Waals surface area contributed by atoms with Gasteiger partial charge in [0.1, 0.15) is 0 Å². The van der Waals surface area contributed by atoms with Crippen LogP contribution in [0.3, 0.4) is 0 Å². The van der Waals surface area contributed by atoms with Crippen molar-refractivity contribution >= 4 is 29.8 Å². The van der Waals surface area contributed by atoms with E-state index in [-0.39, 0.29) is 5.57 Å². The molecule has 0 bridgehead atoms. The molecule has 0 aliphatic heterocycles. The van der Waals surface area contributed by atoms with E-state index in [1.807, 2.05) is 0 Å². The molecule has 42 heavy (non-hydrogen) atoms. The molecule has 0 heterocycles. The highest BCUT2D eigenvalue weighted by Gasteiger charge is 2.18. The summed E-state index contributed by atoms with van der Waals surface area (Å²) in [7, 11) is 10.5. The first kappa shape index (κ1) is 31.3. The molecule has 3 aromatic carbocycles. The molecule has 0 saturated carbocycles. The van der Waals surface area contributed by atoms with E-state index in [1.54, 1.807) is 60.7 Å². The molecular weight excluding hydrogens is 540 g/mol. The third-order valence-corrected chi connectivity index (χ3v) is 6.22. The Morgan fingerprint density at radius 1 is 0.524 bits per heavy atom. The van der Waals surface area contributed by atoms with Crippen molar-refractivity contribution in [1.82, 2.24) is 0 Å². The SMILES string of the molecule is COc1cccc(/C=C/C(=O)C(=Cc2cc(OC)c(OC)c(OC)c2)C(=O)/C=C/c2cccc(OC)c2OC)c1OC. The minimum Gasteiger partial charge on any atom is -0.493 e. The summed E-state index contributed by atoms with van der Waals surface area (Å²) in [6.07, 6.45) is 7.21. The van der Waals surface area contributed by atoms with Gasteiger partial charge in [0.15, 0.2) is 46.1 Å². The van der Waals surface area contributed by atoms with Gasteiger partial charge in [-0.2, -0.15) is 0 Å². The van der Waals surface area contributed by atoms with Gasteiger partial charge < -0.3 is 33.2 Å². The molecule has 3 rings (SSSR count). The van der Waals surface area contributed by atoms with Crippen molar-refractivity contribution < 1.29 is 42.7 Å². The van der Waals surface area contributed by atoms with Crippen LogP contribution < -0.4 is 33.2 Å². The van der Waals surface area contributed by atoms with Crippen LogP contribution in [-0.2, 0) is 9.59 Å². The van der Waals surface area contributed by atoms with Crippen LogP contribution in [0.4, 0.5) is 0 Å². The summed E-state index contributed by atoms with van der Waals surface area (Å²) in [6, 6.07) is 13.9. The van der Waals surface area contributed by atoms with Crippen molar-refractivity contribution in [1.29, 1.82) is 0 Å². The fourth-order valence-electron chi connectivity index (χ4n) is 4.21. The Morgan fingerprint density at radius 2 is 0.929 bits per heavy atom. The van der Waals surface area contributed by atoms with Crippen molar-refractivity contribution in [3.05, 3.63) is 82.9 Å². The number of ketones is 2. The van der Waals surface area contributed by atoms with Crippen LogP contribution in [-0.4, -0.2) is 61.3 Å². The Kier molecular flexibility index (Phi) is 11.2. The highest BCUT2D eigenvalue weighted by atomic mass is 16.5. The summed E-state index contributed by atoms with van der Waals surface area (Å²) in [4.78, 5) is 27.1. The smallest absolute Gasteiger partial charge is 0.203 e. The maximum absolute atomic E-state index is 13.6. The van der Waals surface area contributed by atoms with Gasteiger partial charge in [-0.05, 0) is 60.2 Å². The molecular formula is C33H34O9. The maximum Gasteiger partial charge on any atom is 0.203 e. The van der Waals surface area contributed by atoms with Gasteiger partial charge in [-0.1, -0.05) is 24.3 Å². The topological polar surface area (TPSA) is 98.8 Å². The second-order valence-corrected chi connectivity index (χ2v) is 8.58. The highest BCUT2D eigenvalue weighted by Crippen LogP contribution is 2.39. The molecule has 220 valence electrons. The van der Waals surface area contributed by atoms with E-state index in [9.17, 15) is 9.59 Å². The number of carbonyl (C=O) groups excluding carboxylic acids is 2. The number of ether oxygens (including phenoxy) is 7. The minimum atomic E-state index is -0.541. The number of para-hydroxylation sites is 2. The quantitative estimate of drug-likeness (QED) is 0.136. The predicted molar refractivity (Wildman–Crippen MR) is 161 cm³/mol. The van der Waals surface area contributed by atoms with Gasteiger partial charge in [-0.25, -0.2) is 0 Å². The van der Waals surface area contributed by atoms with E-state index in [2.05, 4.69) is 0 Å². The molecule has 0 amide bonds. The molecule has 0 unspecified atom stereocenters. The molecule has 0 radical (unpaired) electrons. The van der Waals surface area contributed by atoms with Crippen molar-refractivity contribution in [3.8, 4) is 40.2 Å². The normalized spacial score (nSPS) is 10.7. The molecule has 0 atom stereocenters. The average Bonchev–Trinajstić information content (AvgIpc) is 3.03. The van der Waals surface area contributed by atoms with Crippen LogP contribution in [0, 0.1) is 0 Å². The van der Waals surface area contributed by atoms with Crippen LogP contribution in [0.15, 0.2) is 66.3 Å². The number of rotatable bonds is 14. The molecule has 0 aliphatic carbocycles. The van der Waals surface area contributed by atoms with E-state index >= 15 is 0 Å². The van der Waals surface area contributed by atoms with Gasteiger partial charge in [-0.3, -0.25) is 9.59 Å². The fourth-order valence-corrected chi connectivity index (χ4v) is 4.21. The number of methoxy groups -OCH3 is 7. The third kappa shape index (κ3) is 7.11. The minimum absolute atomic E-state index is 0.111. The molecule has 9 heteroatoms. The Balaban J connectivity index is 2.11. The Morgan fingerprint density at radius 3 is 1.29 bits per heavy atom. The van der Waals surface area contributed by atoms with Gasteiger partial charge in [0.2, 0.25) is 5.75 Å². The molecule has 3 aromatic rings. The van der Waals surface area contributed by atoms with Gasteiger partial charge in [0.25, 0.3) is 0 Å². The van der Waals surface area contributed by atoms with E-state index in [0.29, 0.717) is 56.9 Å². The zero-order valence-corrected chi connectivity index (χ0v) is 24.7. The van der Waals surface area contributed by atoms with Gasteiger partial charge in [0.05, 0.1) is 55.3 Å². The van der Waals surface area contributed by atoms with Crippen LogP contribution in [0.25, 0.3) is 18.2 Å².